The zero-order chi connectivity index (χ0) is 15.4. The number of carbonyl (C=O) groups excluding carboxylic acids is 2. The van der Waals surface area contributed by atoms with Crippen LogP contribution in [0.5, 0.6) is 5.75 Å². The third kappa shape index (κ3) is 4.18. The van der Waals surface area contributed by atoms with Crippen molar-refractivity contribution in [3.05, 3.63) is 22.7 Å². The summed E-state index contributed by atoms with van der Waals surface area (Å²) in [6.45, 7) is 2.31. The van der Waals surface area contributed by atoms with Gasteiger partial charge in [0, 0.05) is 17.1 Å². The van der Waals surface area contributed by atoms with Gasteiger partial charge >= 0.3 is 0 Å². The molecule has 114 valence electrons. The molecule has 6 nitrogen and oxygen atoms in total. The van der Waals surface area contributed by atoms with E-state index in [1.54, 1.807) is 12.1 Å². The van der Waals surface area contributed by atoms with Crippen molar-refractivity contribution < 1.29 is 14.3 Å². The highest BCUT2D eigenvalue weighted by atomic mass is 79.9. The number of amides is 2. The molecule has 1 aliphatic heterocycles. The summed E-state index contributed by atoms with van der Waals surface area (Å²) in [7, 11) is 0. The highest BCUT2D eigenvalue weighted by Crippen LogP contribution is 2.34. The average molecular weight is 356 g/mol. The summed E-state index contributed by atoms with van der Waals surface area (Å²) in [5, 5.41) is 2.76. The van der Waals surface area contributed by atoms with Crippen LogP contribution in [0, 0.1) is 0 Å². The van der Waals surface area contributed by atoms with Crippen LogP contribution >= 0.6 is 15.9 Å². The lowest BCUT2D eigenvalue weighted by Gasteiger charge is -2.29. The van der Waals surface area contributed by atoms with Crippen LogP contribution in [-0.4, -0.2) is 37.6 Å². The molecule has 0 saturated heterocycles. The van der Waals surface area contributed by atoms with Crippen LogP contribution < -0.4 is 20.7 Å². The van der Waals surface area contributed by atoms with Crippen LogP contribution in [0.1, 0.15) is 13.3 Å². The number of fused-ring (bicyclic) bond motifs is 1. The van der Waals surface area contributed by atoms with E-state index in [1.165, 1.54) is 4.90 Å². The fourth-order valence-electron chi connectivity index (χ4n) is 1.99. The van der Waals surface area contributed by atoms with E-state index in [1.807, 2.05) is 13.0 Å². The summed E-state index contributed by atoms with van der Waals surface area (Å²) in [4.78, 5) is 25.3. The van der Waals surface area contributed by atoms with Crippen molar-refractivity contribution in [3.8, 4) is 5.75 Å². The van der Waals surface area contributed by atoms with Crippen molar-refractivity contribution in [3.63, 3.8) is 0 Å². The maximum atomic E-state index is 11.9. The van der Waals surface area contributed by atoms with Crippen molar-refractivity contribution in [2.75, 3.05) is 24.6 Å². The van der Waals surface area contributed by atoms with E-state index < -0.39 is 0 Å². The van der Waals surface area contributed by atoms with Crippen molar-refractivity contribution in [1.29, 1.82) is 0 Å². The van der Waals surface area contributed by atoms with Crippen molar-refractivity contribution in [2.24, 2.45) is 5.73 Å². The van der Waals surface area contributed by atoms with Gasteiger partial charge in [-0.05, 0) is 31.5 Å². The van der Waals surface area contributed by atoms with Crippen LogP contribution in [0.25, 0.3) is 0 Å². The molecule has 1 aromatic rings. The average Bonchev–Trinajstić information content (AvgIpc) is 2.41. The quantitative estimate of drug-likeness (QED) is 0.825. The minimum absolute atomic E-state index is 0.0181. The summed E-state index contributed by atoms with van der Waals surface area (Å²) in [6, 6.07) is 5.38. The predicted molar refractivity (Wildman–Crippen MR) is 83.3 cm³/mol. The Kier molecular flexibility index (Phi) is 5.19. The van der Waals surface area contributed by atoms with Gasteiger partial charge in [-0.1, -0.05) is 15.9 Å². The summed E-state index contributed by atoms with van der Waals surface area (Å²) in [6.07, 6.45) is 0.701. The number of rotatable bonds is 5. The molecular formula is C14H18BrN3O3. The van der Waals surface area contributed by atoms with E-state index in [-0.39, 0.29) is 31.0 Å². The van der Waals surface area contributed by atoms with Gasteiger partial charge in [0.1, 0.15) is 12.3 Å². The van der Waals surface area contributed by atoms with Gasteiger partial charge in [0.05, 0.1) is 5.69 Å². The van der Waals surface area contributed by atoms with Gasteiger partial charge in [-0.15, -0.1) is 0 Å². The molecule has 0 radical (unpaired) electrons. The lowest BCUT2D eigenvalue weighted by atomic mass is 10.2. The maximum absolute atomic E-state index is 11.9. The van der Waals surface area contributed by atoms with Gasteiger partial charge in [-0.2, -0.15) is 0 Å². The monoisotopic (exact) mass is 355 g/mol. The minimum Gasteiger partial charge on any atom is -0.482 e. The van der Waals surface area contributed by atoms with E-state index in [9.17, 15) is 9.59 Å². The second-order valence-electron chi connectivity index (χ2n) is 5.00. The van der Waals surface area contributed by atoms with Gasteiger partial charge < -0.3 is 15.8 Å². The Morgan fingerprint density at radius 3 is 3.05 bits per heavy atom. The molecule has 1 aliphatic rings. The largest absolute Gasteiger partial charge is 0.482 e. The second kappa shape index (κ2) is 6.91. The number of halogens is 1. The lowest BCUT2D eigenvalue weighted by Crippen LogP contribution is -2.45. The minimum atomic E-state index is -0.229. The Balaban J connectivity index is 2.02. The van der Waals surface area contributed by atoms with E-state index in [0.29, 0.717) is 24.4 Å². The van der Waals surface area contributed by atoms with Crippen LogP contribution in [-0.2, 0) is 9.59 Å². The standard InChI is InChI=1S/C14H18BrN3O3/c1-9(16)4-5-17-13(19)7-18-11-3-2-10(15)6-12(11)21-8-14(18)20/h2-3,6,9H,4-5,7-8,16H2,1H3,(H,17,19). The van der Waals surface area contributed by atoms with Crippen LogP contribution in [0.15, 0.2) is 22.7 Å². The summed E-state index contributed by atoms with van der Waals surface area (Å²) < 4.78 is 6.23. The number of nitrogens with one attached hydrogen (secondary N) is 1. The van der Waals surface area contributed by atoms with Crippen molar-refractivity contribution in [1.82, 2.24) is 5.32 Å². The summed E-state index contributed by atoms with van der Waals surface area (Å²) >= 11 is 3.35. The molecule has 0 saturated carbocycles. The Morgan fingerprint density at radius 1 is 1.57 bits per heavy atom. The number of nitrogens with two attached hydrogens (primary N) is 1. The van der Waals surface area contributed by atoms with Gasteiger partial charge in [0.2, 0.25) is 5.91 Å². The number of carbonyl (C=O) groups is 2. The van der Waals surface area contributed by atoms with E-state index in [0.717, 1.165) is 4.47 Å². The van der Waals surface area contributed by atoms with Gasteiger partial charge in [-0.25, -0.2) is 0 Å². The Bertz CT molecular complexity index is 548. The molecule has 0 aliphatic carbocycles. The predicted octanol–water partition coefficient (Wildman–Crippen LogP) is 1.03. The smallest absolute Gasteiger partial charge is 0.265 e. The molecule has 1 unspecified atom stereocenters. The molecule has 1 heterocycles. The number of hydrogen-bond donors (Lipinski definition) is 2. The molecule has 0 aromatic heterocycles. The van der Waals surface area contributed by atoms with Gasteiger partial charge in [0.25, 0.3) is 5.91 Å². The Morgan fingerprint density at radius 2 is 2.33 bits per heavy atom. The molecule has 0 fully saturated rings. The highest BCUT2D eigenvalue weighted by molar-refractivity contribution is 9.10. The first-order valence-corrected chi connectivity index (χ1v) is 7.51. The second-order valence-corrected chi connectivity index (χ2v) is 5.91. The van der Waals surface area contributed by atoms with Gasteiger partial charge in [-0.3, -0.25) is 14.5 Å². The number of benzene rings is 1. The van der Waals surface area contributed by atoms with Crippen LogP contribution in [0.2, 0.25) is 0 Å². The lowest BCUT2D eigenvalue weighted by molar-refractivity contribution is -0.125. The molecule has 1 aromatic carbocycles. The first kappa shape index (κ1) is 15.8. The Hall–Kier alpha value is -1.60. The SMILES string of the molecule is CC(N)CCNC(=O)CN1C(=O)COc2cc(Br)ccc21. The molecule has 7 heteroatoms. The molecule has 21 heavy (non-hydrogen) atoms. The molecular weight excluding hydrogens is 338 g/mol. The Labute approximate surface area is 131 Å². The zero-order valence-electron chi connectivity index (χ0n) is 11.8. The molecule has 2 rings (SSSR count). The van der Waals surface area contributed by atoms with E-state index in [4.69, 9.17) is 10.5 Å². The molecule has 1 atom stereocenters. The number of nitrogens with zero attached hydrogens (tertiary/aromatic N) is 1. The number of hydrogen-bond acceptors (Lipinski definition) is 4. The van der Waals surface area contributed by atoms with Crippen LogP contribution in [0.3, 0.4) is 0 Å². The highest BCUT2D eigenvalue weighted by Gasteiger charge is 2.27. The fourth-order valence-corrected chi connectivity index (χ4v) is 2.33. The molecule has 3 N–H and O–H groups in total. The normalized spacial score (nSPS) is 15.2. The third-order valence-electron chi connectivity index (χ3n) is 3.09. The number of anilines is 1. The zero-order valence-corrected chi connectivity index (χ0v) is 13.4. The summed E-state index contributed by atoms with van der Waals surface area (Å²) in [5.41, 5.74) is 6.23. The van der Waals surface area contributed by atoms with Crippen molar-refractivity contribution in [2.45, 2.75) is 19.4 Å². The maximum Gasteiger partial charge on any atom is 0.265 e. The third-order valence-corrected chi connectivity index (χ3v) is 3.58. The molecule has 2 amide bonds. The summed E-state index contributed by atoms with van der Waals surface area (Å²) in [5.74, 6) is 0.152. The van der Waals surface area contributed by atoms with Crippen molar-refractivity contribution >= 4 is 33.4 Å². The fraction of sp³-hybridized carbons (Fsp3) is 0.429. The first-order chi connectivity index (χ1) is 9.97. The molecule has 0 spiro atoms. The number of ether oxygens (including phenoxy) is 1. The van der Waals surface area contributed by atoms with E-state index in [2.05, 4.69) is 21.2 Å². The van der Waals surface area contributed by atoms with E-state index >= 15 is 0 Å². The topological polar surface area (TPSA) is 84.7 Å². The molecule has 0 bridgehead atoms. The van der Waals surface area contributed by atoms with Crippen LogP contribution in [0.4, 0.5) is 5.69 Å². The van der Waals surface area contributed by atoms with Gasteiger partial charge in [0.15, 0.2) is 6.61 Å². The first-order valence-electron chi connectivity index (χ1n) is 6.72.